The molecule has 3 aromatic rings. The van der Waals surface area contributed by atoms with Crippen LogP contribution in [-0.4, -0.2) is 50.0 Å². The second-order valence-electron chi connectivity index (χ2n) is 10.9. The Hall–Kier alpha value is -3.24. The Bertz CT molecular complexity index is 1550. The van der Waals surface area contributed by atoms with Gasteiger partial charge in [-0.15, -0.1) is 0 Å². The zero-order chi connectivity index (χ0) is 28.0. The highest BCUT2D eigenvalue weighted by atomic mass is 32.2. The van der Waals surface area contributed by atoms with Crippen molar-refractivity contribution >= 4 is 15.8 Å². The molecule has 1 saturated carbocycles. The van der Waals surface area contributed by atoms with Crippen LogP contribution in [0.15, 0.2) is 59.5 Å². The predicted molar refractivity (Wildman–Crippen MR) is 153 cm³/mol. The minimum atomic E-state index is -3.97. The number of hydrogen-bond acceptors (Lipinski definition) is 7. The lowest BCUT2D eigenvalue weighted by Gasteiger charge is -2.26. The zero-order valence-corrected chi connectivity index (χ0v) is 23.1. The molecular weight excluding hydrogens is 518 g/mol. The number of aliphatic hydroxyl groups is 2. The van der Waals surface area contributed by atoms with Gasteiger partial charge in [-0.2, -0.15) is 0 Å². The Balaban J connectivity index is 0.00000205. The van der Waals surface area contributed by atoms with Crippen molar-refractivity contribution in [1.82, 2.24) is 4.72 Å². The summed E-state index contributed by atoms with van der Waals surface area (Å²) in [4.78, 5) is 13.6. The molecule has 0 aromatic heterocycles. The van der Waals surface area contributed by atoms with Crippen molar-refractivity contribution in [2.45, 2.75) is 55.9 Å². The summed E-state index contributed by atoms with van der Waals surface area (Å²) >= 11 is 0. The lowest BCUT2D eigenvalue weighted by Crippen LogP contribution is -2.51. The van der Waals surface area contributed by atoms with Gasteiger partial charge in [0.1, 0.15) is 5.78 Å². The molecule has 0 bridgehead atoms. The Kier molecular flexibility index (Phi) is 7.05. The quantitative estimate of drug-likeness (QED) is 0.340. The third-order valence-electron chi connectivity index (χ3n) is 7.75. The van der Waals surface area contributed by atoms with Gasteiger partial charge in [0.15, 0.2) is 11.5 Å². The molecule has 0 amide bonds. The van der Waals surface area contributed by atoms with E-state index in [1.165, 1.54) is 13.0 Å². The van der Waals surface area contributed by atoms with Crippen LogP contribution in [0.2, 0.25) is 0 Å². The van der Waals surface area contributed by atoms with Crippen LogP contribution >= 0.6 is 0 Å². The van der Waals surface area contributed by atoms with E-state index in [9.17, 15) is 23.4 Å². The van der Waals surface area contributed by atoms with Crippen LogP contribution in [0.3, 0.4) is 0 Å². The van der Waals surface area contributed by atoms with Gasteiger partial charge >= 0.3 is 0 Å². The van der Waals surface area contributed by atoms with E-state index in [1.54, 1.807) is 12.1 Å². The van der Waals surface area contributed by atoms with E-state index in [4.69, 9.17) is 9.47 Å². The second-order valence-corrected chi connectivity index (χ2v) is 12.5. The average Bonchev–Trinajstić information content (AvgIpc) is 3.60. The molecule has 9 heteroatoms. The largest absolute Gasteiger partial charge is 0.454 e. The first kappa shape index (κ1) is 27.3. The number of nitrogens with one attached hydrogen (secondary N) is 1. The van der Waals surface area contributed by atoms with E-state index in [0.29, 0.717) is 11.5 Å². The molecule has 5 rings (SSSR count). The monoisotopic (exact) mass is 557 g/mol. The molecule has 0 unspecified atom stereocenters. The van der Waals surface area contributed by atoms with E-state index in [2.05, 4.69) is 4.72 Å². The van der Waals surface area contributed by atoms with Crippen LogP contribution in [0.5, 0.6) is 11.5 Å². The number of carbonyl (C=O) groups excluding carboxylic acids is 1. The number of hydrogen-bond donors (Lipinski definition) is 3. The van der Waals surface area contributed by atoms with Crippen LogP contribution in [0.25, 0.3) is 11.1 Å². The van der Waals surface area contributed by atoms with Crippen LogP contribution in [0.4, 0.5) is 0 Å². The fourth-order valence-corrected chi connectivity index (χ4v) is 6.55. The van der Waals surface area contributed by atoms with E-state index < -0.39 is 34.2 Å². The predicted octanol–water partition coefficient (Wildman–Crippen LogP) is 4.30. The molecule has 3 N–H and O–H groups in total. The molecule has 212 valence electrons. The van der Waals surface area contributed by atoms with E-state index in [-0.39, 0.29) is 28.2 Å². The first-order valence-electron chi connectivity index (χ1n) is 12.9. The van der Waals surface area contributed by atoms with Gasteiger partial charge in [-0.3, -0.25) is 4.79 Å². The van der Waals surface area contributed by atoms with E-state index >= 15 is 0 Å². The minimum Gasteiger partial charge on any atom is -0.454 e. The third-order valence-corrected chi connectivity index (χ3v) is 9.39. The molecule has 1 aliphatic carbocycles. The van der Waals surface area contributed by atoms with E-state index in [0.717, 1.165) is 46.2 Å². The first-order valence-corrected chi connectivity index (χ1v) is 14.4. The molecule has 39 heavy (non-hydrogen) atoms. The van der Waals surface area contributed by atoms with Crippen LogP contribution in [0, 0.1) is 13.8 Å². The van der Waals surface area contributed by atoms with Gasteiger partial charge < -0.3 is 19.7 Å². The number of Topliss-reactive ketones (excluding diaryl/α,β-unsaturated/α-hetero) is 1. The minimum absolute atomic E-state index is 0. The second kappa shape index (κ2) is 10.1. The van der Waals surface area contributed by atoms with Crippen molar-refractivity contribution in [2.75, 3.05) is 20.0 Å². The van der Waals surface area contributed by atoms with Crippen molar-refractivity contribution in [3.05, 3.63) is 76.9 Å². The van der Waals surface area contributed by atoms with Crippen molar-refractivity contribution < 1.29 is 37.2 Å². The summed E-state index contributed by atoms with van der Waals surface area (Å²) in [6.07, 6.45) is 1.90. The molecule has 0 spiro atoms. The average molecular weight is 558 g/mol. The Morgan fingerprint density at radius 1 is 0.949 bits per heavy atom. The number of fused-ring (bicyclic) bond motifs is 1. The summed E-state index contributed by atoms with van der Waals surface area (Å²) in [5.74, 6) is 1.54. The van der Waals surface area contributed by atoms with Gasteiger partial charge in [-0.05, 0) is 91.3 Å². The maximum Gasteiger partial charge on any atom is 0.241 e. The van der Waals surface area contributed by atoms with Gasteiger partial charge in [-0.1, -0.05) is 30.3 Å². The van der Waals surface area contributed by atoms with Gasteiger partial charge in [-0.25, -0.2) is 13.1 Å². The standard InChI is InChI=1S/C30H33NO7S.3H2/c1-19-4-5-21(14-28(34)30(10-11-30)22-6-9-26-27(15-22)38-18-37-26)13-25(19)24-8-7-23(12-20(24)2)39(35,36)31-29(3,16-32)17-33;;;/h4-9,12-13,15,31-33H,10-11,14,16-18H2,1-3H3;3*1H. The Morgan fingerprint density at radius 3 is 2.33 bits per heavy atom. The number of rotatable bonds is 10. The fourth-order valence-electron chi connectivity index (χ4n) is 5.07. The van der Waals surface area contributed by atoms with Gasteiger partial charge in [0, 0.05) is 10.7 Å². The fraction of sp³-hybridized carbons (Fsp3) is 0.367. The molecular formula is C30H39NO7S. The Labute approximate surface area is 233 Å². The van der Waals surface area contributed by atoms with Crippen molar-refractivity contribution in [2.24, 2.45) is 0 Å². The molecule has 3 aromatic carbocycles. The molecule has 8 nitrogen and oxygen atoms in total. The highest BCUT2D eigenvalue weighted by Gasteiger charge is 2.50. The molecule has 1 aliphatic heterocycles. The number of aliphatic hydroxyl groups excluding tert-OH is 2. The molecule has 0 radical (unpaired) electrons. The summed E-state index contributed by atoms with van der Waals surface area (Å²) in [6, 6.07) is 16.5. The maximum atomic E-state index is 13.5. The van der Waals surface area contributed by atoms with E-state index in [1.807, 2.05) is 50.2 Å². The van der Waals surface area contributed by atoms with Crippen molar-refractivity contribution in [3.63, 3.8) is 0 Å². The third kappa shape index (κ3) is 5.19. The highest BCUT2D eigenvalue weighted by molar-refractivity contribution is 7.89. The van der Waals surface area contributed by atoms with Gasteiger partial charge in [0.25, 0.3) is 0 Å². The smallest absolute Gasteiger partial charge is 0.241 e. The summed E-state index contributed by atoms with van der Waals surface area (Å²) in [5, 5.41) is 19.0. The number of ketones is 1. The molecule has 0 atom stereocenters. The van der Waals surface area contributed by atoms with Gasteiger partial charge in [0.05, 0.1) is 29.1 Å². The number of carbonyl (C=O) groups is 1. The van der Waals surface area contributed by atoms with Crippen LogP contribution < -0.4 is 14.2 Å². The maximum absolute atomic E-state index is 13.5. The number of benzene rings is 3. The lowest BCUT2D eigenvalue weighted by atomic mass is 9.86. The summed E-state index contributed by atoms with van der Waals surface area (Å²) < 4.78 is 39.1. The molecule has 1 heterocycles. The lowest BCUT2D eigenvalue weighted by molar-refractivity contribution is -0.120. The highest BCUT2D eigenvalue weighted by Crippen LogP contribution is 2.51. The number of ether oxygens (including phenoxy) is 2. The first-order chi connectivity index (χ1) is 18.5. The topological polar surface area (TPSA) is 122 Å². The Morgan fingerprint density at radius 2 is 1.67 bits per heavy atom. The molecule has 1 fully saturated rings. The van der Waals surface area contributed by atoms with Crippen LogP contribution in [-0.2, 0) is 26.7 Å². The number of sulfonamides is 1. The molecule has 2 aliphatic rings. The zero-order valence-electron chi connectivity index (χ0n) is 22.3. The van der Waals surface area contributed by atoms with Gasteiger partial charge in [0.2, 0.25) is 16.8 Å². The normalized spacial score (nSPS) is 15.8. The van der Waals surface area contributed by atoms with Crippen molar-refractivity contribution in [3.8, 4) is 22.6 Å². The van der Waals surface area contributed by atoms with Crippen LogP contribution in [0.1, 0.15) is 46.3 Å². The summed E-state index contributed by atoms with van der Waals surface area (Å²) in [7, 11) is -3.97. The SMILES string of the molecule is Cc1cc(S(=O)(=O)NC(C)(CO)CO)ccc1-c1cc(CC(=O)C2(c3ccc4c(c3)OCO4)CC2)ccc1C.[HH].[HH].[HH]. The number of aryl methyl sites for hydroxylation is 2. The summed E-state index contributed by atoms with van der Waals surface area (Å²) in [5.41, 5.74) is 3.54. The molecule has 0 saturated heterocycles. The van der Waals surface area contributed by atoms with Crippen molar-refractivity contribution in [1.29, 1.82) is 0 Å². The summed E-state index contributed by atoms with van der Waals surface area (Å²) in [6.45, 7) is 4.36.